The molecule has 30 heavy (non-hydrogen) atoms. The molecule has 152 valence electrons. The highest BCUT2D eigenvalue weighted by Crippen LogP contribution is 2.47. The lowest BCUT2D eigenvalue weighted by atomic mass is 9.79. The van der Waals surface area contributed by atoms with E-state index in [0.717, 1.165) is 16.9 Å². The van der Waals surface area contributed by atoms with Crippen LogP contribution in [0.4, 0.5) is 0 Å². The van der Waals surface area contributed by atoms with Gasteiger partial charge < -0.3 is 9.47 Å². The first-order valence-corrected chi connectivity index (χ1v) is 10.5. The minimum atomic E-state index is -1.04. The topological polar surface area (TPSA) is 69.9 Å². The molecule has 0 fully saturated rings. The molecule has 6 nitrogen and oxygen atoms in total. The van der Waals surface area contributed by atoms with Crippen LogP contribution in [0.15, 0.2) is 58.3 Å². The van der Waals surface area contributed by atoms with Gasteiger partial charge in [-0.15, -0.1) is 0 Å². The van der Waals surface area contributed by atoms with Crippen molar-refractivity contribution in [3.63, 3.8) is 0 Å². The quantitative estimate of drug-likeness (QED) is 0.652. The Bertz CT molecular complexity index is 1340. The van der Waals surface area contributed by atoms with Crippen LogP contribution in [0.25, 0.3) is 6.08 Å². The highest BCUT2D eigenvalue weighted by atomic mass is 32.1. The zero-order valence-corrected chi connectivity index (χ0v) is 17.6. The van der Waals surface area contributed by atoms with Gasteiger partial charge in [-0.2, -0.15) is 0 Å². The first-order chi connectivity index (χ1) is 14.4. The second kappa shape index (κ2) is 6.67. The molecule has 3 heterocycles. The summed E-state index contributed by atoms with van der Waals surface area (Å²) in [5, 5.41) is 0. The molecule has 2 bridgehead atoms. The number of carbonyl (C=O) groups excluding carboxylic acids is 1. The number of ether oxygens (including phenoxy) is 2. The Morgan fingerprint density at radius 3 is 2.67 bits per heavy atom. The number of hydrogen-bond donors (Lipinski definition) is 0. The van der Waals surface area contributed by atoms with Gasteiger partial charge in [0.2, 0.25) is 5.72 Å². The number of aromatic nitrogens is 1. The van der Waals surface area contributed by atoms with E-state index in [1.807, 2.05) is 61.5 Å². The van der Waals surface area contributed by atoms with Crippen molar-refractivity contribution in [3.8, 4) is 11.5 Å². The van der Waals surface area contributed by atoms with Crippen molar-refractivity contribution >= 4 is 23.2 Å². The molecule has 0 saturated heterocycles. The molecule has 1 aromatic heterocycles. The van der Waals surface area contributed by atoms with Crippen LogP contribution in [0.3, 0.4) is 0 Å². The van der Waals surface area contributed by atoms with Gasteiger partial charge in [0.25, 0.3) is 5.56 Å². The second-order valence-electron chi connectivity index (χ2n) is 7.68. The molecule has 0 amide bonds. The molecule has 2 aliphatic heterocycles. The summed E-state index contributed by atoms with van der Waals surface area (Å²) in [4.78, 5) is 31.4. The molecule has 5 rings (SSSR count). The van der Waals surface area contributed by atoms with Gasteiger partial charge in [0.05, 0.1) is 17.7 Å². The Kier molecular flexibility index (Phi) is 4.18. The molecular weight excluding hydrogens is 400 g/mol. The molecule has 2 aromatic carbocycles. The van der Waals surface area contributed by atoms with E-state index in [1.165, 1.54) is 18.3 Å². The number of nitrogens with zero attached hydrogens (tertiary/aromatic N) is 2. The fourth-order valence-electron chi connectivity index (χ4n) is 4.41. The normalized spacial score (nSPS) is 24.3. The lowest BCUT2D eigenvalue weighted by Crippen LogP contribution is -2.58. The number of benzene rings is 2. The number of fused-ring (bicyclic) bond motifs is 6. The summed E-state index contributed by atoms with van der Waals surface area (Å²) in [6.07, 6.45) is 1.84. The number of Topliss-reactive ketones (excluding diaryl/α,β-unsaturated/α-hetero) is 1. The summed E-state index contributed by atoms with van der Waals surface area (Å²) >= 11 is 1.32. The van der Waals surface area contributed by atoms with E-state index in [0.29, 0.717) is 15.1 Å². The summed E-state index contributed by atoms with van der Waals surface area (Å²) in [5.74, 6) is 0.797. The van der Waals surface area contributed by atoms with Crippen molar-refractivity contribution in [1.82, 2.24) is 4.57 Å². The van der Waals surface area contributed by atoms with Gasteiger partial charge in [-0.25, -0.2) is 4.99 Å². The van der Waals surface area contributed by atoms with E-state index in [-0.39, 0.29) is 11.3 Å². The van der Waals surface area contributed by atoms with Crippen LogP contribution in [-0.4, -0.2) is 23.2 Å². The molecule has 3 aromatic rings. The highest BCUT2D eigenvalue weighted by Gasteiger charge is 2.53. The van der Waals surface area contributed by atoms with Crippen molar-refractivity contribution in [2.24, 2.45) is 10.9 Å². The van der Waals surface area contributed by atoms with E-state index in [4.69, 9.17) is 14.5 Å². The van der Waals surface area contributed by atoms with Crippen molar-refractivity contribution in [3.05, 3.63) is 79.3 Å². The van der Waals surface area contributed by atoms with Gasteiger partial charge in [-0.3, -0.25) is 14.2 Å². The van der Waals surface area contributed by atoms with Gasteiger partial charge in [-0.05, 0) is 43.7 Å². The van der Waals surface area contributed by atoms with Crippen LogP contribution < -0.4 is 24.4 Å². The summed E-state index contributed by atoms with van der Waals surface area (Å²) in [5.41, 5.74) is 0.535. The van der Waals surface area contributed by atoms with Gasteiger partial charge in [-0.1, -0.05) is 41.7 Å². The largest absolute Gasteiger partial charge is 0.497 e. The fourth-order valence-corrected chi connectivity index (χ4v) is 5.51. The molecule has 0 N–H and O–H groups in total. The first kappa shape index (κ1) is 18.8. The lowest BCUT2D eigenvalue weighted by Gasteiger charge is -2.45. The maximum atomic E-state index is 13.4. The predicted octanol–water partition coefficient (Wildman–Crippen LogP) is 2.28. The van der Waals surface area contributed by atoms with Crippen molar-refractivity contribution < 1.29 is 14.3 Å². The summed E-state index contributed by atoms with van der Waals surface area (Å²) < 4.78 is 13.6. The number of carbonyl (C=O) groups is 1. The third-order valence-electron chi connectivity index (χ3n) is 5.73. The average Bonchev–Trinajstić information content (AvgIpc) is 3.01. The zero-order valence-electron chi connectivity index (χ0n) is 16.8. The summed E-state index contributed by atoms with van der Waals surface area (Å²) in [6, 6.07) is 14.6. The van der Waals surface area contributed by atoms with Crippen LogP contribution in [0.2, 0.25) is 0 Å². The Morgan fingerprint density at radius 2 is 1.97 bits per heavy atom. The van der Waals surface area contributed by atoms with E-state index >= 15 is 0 Å². The Balaban J connectivity index is 1.76. The molecule has 0 aliphatic carbocycles. The van der Waals surface area contributed by atoms with Gasteiger partial charge in [0.1, 0.15) is 23.2 Å². The lowest BCUT2D eigenvalue weighted by molar-refractivity contribution is -0.132. The third kappa shape index (κ3) is 2.73. The summed E-state index contributed by atoms with van der Waals surface area (Å²) in [7, 11) is 1.61. The molecular formula is C23H20N2O4S. The monoisotopic (exact) mass is 420 g/mol. The Labute approximate surface area is 176 Å². The Morgan fingerprint density at radius 1 is 1.23 bits per heavy atom. The highest BCUT2D eigenvalue weighted by molar-refractivity contribution is 7.07. The van der Waals surface area contributed by atoms with Gasteiger partial charge in [0.15, 0.2) is 4.80 Å². The number of thiazole rings is 1. The predicted molar refractivity (Wildman–Crippen MR) is 114 cm³/mol. The molecule has 0 saturated carbocycles. The number of para-hydroxylation sites is 1. The minimum Gasteiger partial charge on any atom is -0.497 e. The van der Waals surface area contributed by atoms with Crippen LogP contribution >= 0.6 is 11.3 Å². The zero-order chi connectivity index (χ0) is 21.0. The van der Waals surface area contributed by atoms with Crippen LogP contribution in [-0.2, 0) is 4.79 Å². The smallest absolute Gasteiger partial charge is 0.270 e. The van der Waals surface area contributed by atoms with Crippen LogP contribution in [0.5, 0.6) is 11.5 Å². The van der Waals surface area contributed by atoms with Gasteiger partial charge in [0, 0.05) is 5.56 Å². The minimum absolute atomic E-state index is 0.0508. The molecule has 0 spiro atoms. The molecule has 0 radical (unpaired) electrons. The number of ketones is 1. The maximum Gasteiger partial charge on any atom is 0.270 e. The maximum absolute atomic E-state index is 13.4. The number of rotatable bonds is 3. The first-order valence-electron chi connectivity index (χ1n) is 9.67. The molecule has 3 unspecified atom stereocenters. The average molecular weight is 420 g/mol. The number of methoxy groups -OCH3 is 1. The van der Waals surface area contributed by atoms with Gasteiger partial charge >= 0.3 is 0 Å². The summed E-state index contributed by atoms with van der Waals surface area (Å²) in [6.45, 7) is 3.36. The SMILES string of the molecule is COc1ccc(C=c2sc3n(c2=O)C2c4ccccc4OC(C)(N=3)C2C(C)=O)cc1. The third-order valence-corrected chi connectivity index (χ3v) is 6.71. The van der Waals surface area contributed by atoms with E-state index in [9.17, 15) is 9.59 Å². The molecule has 2 aliphatic rings. The van der Waals surface area contributed by atoms with E-state index in [1.54, 1.807) is 11.7 Å². The van der Waals surface area contributed by atoms with Crippen molar-refractivity contribution in [1.29, 1.82) is 0 Å². The van der Waals surface area contributed by atoms with Crippen molar-refractivity contribution in [2.75, 3.05) is 7.11 Å². The van der Waals surface area contributed by atoms with Crippen LogP contribution in [0.1, 0.15) is 31.0 Å². The standard InChI is InChI=1S/C23H20N2O4S/c1-13(26)19-20-16-6-4-5-7-17(16)29-23(19,2)24-22-25(20)21(27)18(30-22)12-14-8-10-15(28-3)11-9-14/h4-12,19-20H,1-3H3. The molecule has 7 heteroatoms. The number of hydrogen-bond acceptors (Lipinski definition) is 6. The molecule has 3 atom stereocenters. The second-order valence-corrected chi connectivity index (χ2v) is 8.69. The van der Waals surface area contributed by atoms with E-state index in [2.05, 4.69) is 0 Å². The van der Waals surface area contributed by atoms with E-state index < -0.39 is 17.7 Å². The fraction of sp³-hybridized carbons (Fsp3) is 0.261. The van der Waals surface area contributed by atoms with Crippen LogP contribution in [0, 0.1) is 5.92 Å². The van der Waals surface area contributed by atoms with Crippen molar-refractivity contribution in [2.45, 2.75) is 25.6 Å². The Hall–Kier alpha value is -3.19.